The molecule has 3 rings (SSSR count). The van der Waals surface area contributed by atoms with Crippen LogP contribution >= 0.6 is 0 Å². The summed E-state index contributed by atoms with van der Waals surface area (Å²) in [4.78, 5) is 20.1. The van der Waals surface area contributed by atoms with Gasteiger partial charge in [-0.05, 0) is 31.0 Å². The summed E-state index contributed by atoms with van der Waals surface area (Å²) in [5.41, 5.74) is 2.22. The molecule has 0 bridgehead atoms. The molecule has 1 saturated heterocycles. The highest BCUT2D eigenvalue weighted by Gasteiger charge is 2.23. The van der Waals surface area contributed by atoms with Crippen molar-refractivity contribution in [2.75, 3.05) is 46.4 Å². The van der Waals surface area contributed by atoms with E-state index in [0.29, 0.717) is 19.7 Å². The number of nitrogens with zero attached hydrogens (tertiary/aromatic N) is 5. The molecule has 1 aliphatic rings. The van der Waals surface area contributed by atoms with Crippen molar-refractivity contribution < 1.29 is 9.53 Å². The number of carbonyl (C=O) groups is 1. The molecule has 0 saturated carbocycles. The van der Waals surface area contributed by atoms with E-state index >= 15 is 0 Å². The number of guanidine groups is 1. The van der Waals surface area contributed by atoms with E-state index in [4.69, 9.17) is 4.74 Å². The summed E-state index contributed by atoms with van der Waals surface area (Å²) in [5, 5.41) is 7.84. The van der Waals surface area contributed by atoms with E-state index in [1.165, 1.54) is 5.56 Å². The third-order valence-corrected chi connectivity index (χ3v) is 4.67. The minimum atomic E-state index is -0.236. The Kier molecular flexibility index (Phi) is 6.89. The largest absolute Gasteiger partial charge is 0.450 e. The van der Waals surface area contributed by atoms with Gasteiger partial charge in [0.2, 0.25) is 0 Å². The predicted molar refractivity (Wildman–Crippen MR) is 109 cm³/mol. The number of aromatic nitrogens is 2. The summed E-state index contributed by atoms with van der Waals surface area (Å²) < 4.78 is 6.95. The van der Waals surface area contributed by atoms with Crippen molar-refractivity contribution in [3.05, 3.63) is 48.3 Å². The second kappa shape index (κ2) is 9.77. The monoisotopic (exact) mass is 384 g/mol. The SMILES string of the molecule is CCOC(=O)N1CCN(C(=NC)NCCc2cnn(-c3ccccc3)c2)CC1. The number of para-hydroxylation sites is 1. The molecule has 1 amide bonds. The molecule has 28 heavy (non-hydrogen) atoms. The Morgan fingerprint density at radius 1 is 1.18 bits per heavy atom. The number of carbonyl (C=O) groups excluding carboxylic acids is 1. The van der Waals surface area contributed by atoms with Crippen molar-refractivity contribution in [3.63, 3.8) is 0 Å². The molecule has 8 nitrogen and oxygen atoms in total. The van der Waals surface area contributed by atoms with Crippen LogP contribution in [0.4, 0.5) is 4.79 Å². The van der Waals surface area contributed by atoms with Crippen molar-refractivity contribution in [1.82, 2.24) is 24.9 Å². The topological polar surface area (TPSA) is 75.0 Å². The van der Waals surface area contributed by atoms with Gasteiger partial charge < -0.3 is 19.9 Å². The summed E-state index contributed by atoms with van der Waals surface area (Å²) >= 11 is 0. The fourth-order valence-electron chi connectivity index (χ4n) is 3.18. The molecule has 0 aliphatic carbocycles. The minimum Gasteiger partial charge on any atom is -0.450 e. The summed E-state index contributed by atoms with van der Waals surface area (Å²) in [5.74, 6) is 0.860. The van der Waals surface area contributed by atoms with Crippen molar-refractivity contribution in [1.29, 1.82) is 0 Å². The number of hydrogen-bond donors (Lipinski definition) is 1. The molecule has 1 aromatic carbocycles. The van der Waals surface area contributed by atoms with E-state index in [2.05, 4.69) is 26.5 Å². The number of benzene rings is 1. The zero-order valence-electron chi connectivity index (χ0n) is 16.5. The van der Waals surface area contributed by atoms with Crippen LogP contribution in [0.25, 0.3) is 5.69 Å². The van der Waals surface area contributed by atoms with E-state index in [9.17, 15) is 4.79 Å². The van der Waals surface area contributed by atoms with Gasteiger partial charge in [0.1, 0.15) is 0 Å². The molecule has 1 fully saturated rings. The van der Waals surface area contributed by atoms with E-state index in [1.54, 1.807) is 11.9 Å². The number of piperazine rings is 1. The van der Waals surface area contributed by atoms with Gasteiger partial charge in [0.05, 0.1) is 18.5 Å². The Balaban J connectivity index is 1.45. The summed E-state index contributed by atoms with van der Waals surface area (Å²) in [6.45, 7) is 5.76. The molecule has 0 atom stereocenters. The number of ether oxygens (including phenoxy) is 1. The van der Waals surface area contributed by atoms with Gasteiger partial charge in [-0.1, -0.05) is 18.2 Å². The van der Waals surface area contributed by atoms with E-state index in [0.717, 1.165) is 37.7 Å². The van der Waals surface area contributed by atoms with Crippen LogP contribution in [0.5, 0.6) is 0 Å². The number of nitrogens with one attached hydrogen (secondary N) is 1. The van der Waals surface area contributed by atoms with Crippen molar-refractivity contribution in [2.24, 2.45) is 4.99 Å². The maximum absolute atomic E-state index is 11.8. The van der Waals surface area contributed by atoms with Crippen molar-refractivity contribution in [3.8, 4) is 5.69 Å². The summed E-state index contributed by atoms with van der Waals surface area (Å²) in [6, 6.07) is 10.1. The molecule has 0 spiro atoms. The first kappa shape index (κ1) is 19.7. The second-order valence-corrected chi connectivity index (χ2v) is 6.53. The average molecular weight is 384 g/mol. The second-order valence-electron chi connectivity index (χ2n) is 6.53. The standard InChI is InChI=1S/C20H28N6O2/c1-3-28-20(27)25-13-11-24(12-14-25)19(21-2)22-10-9-17-15-23-26(16-17)18-7-5-4-6-8-18/h4-8,15-16H,3,9-14H2,1-2H3,(H,21,22). The predicted octanol–water partition coefficient (Wildman–Crippen LogP) is 1.76. The molecule has 2 aromatic rings. The van der Waals surface area contributed by atoms with Crippen LogP contribution in [0.2, 0.25) is 0 Å². The zero-order valence-corrected chi connectivity index (χ0v) is 16.5. The van der Waals surface area contributed by atoms with Gasteiger partial charge in [-0.15, -0.1) is 0 Å². The molecular weight excluding hydrogens is 356 g/mol. The summed E-state index contributed by atoms with van der Waals surface area (Å²) in [7, 11) is 1.79. The number of rotatable bonds is 5. The normalized spacial score (nSPS) is 14.9. The molecule has 8 heteroatoms. The Labute approximate surface area is 165 Å². The zero-order chi connectivity index (χ0) is 19.8. The Hall–Kier alpha value is -3.03. The third-order valence-electron chi connectivity index (χ3n) is 4.67. The highest BCUT2D eigenvalue weighted by molar-refractivity contribution is 5.80. The highest BCUT2D eigenvalue weighted by Crippen LogP contribution is 2.08. The van der Waals surface area contributed by atoms with Crippen LogP contribution in [-0.4, -0.2) is 78.0 Å². The van der Waals surface area contributed by atoms with Gasteiger partial charge in [-0.25, -0.2) is 9.48 Å². The van der Waals surface area contributed by atoms with Crippen molar-refractivity contribution >= 4 is 12.1 Å². The van der Waals surface area contributed by atoms with Crippen LogP contribution in [0.1, 0.15) is 12.5 Å². The van der Waals surface area contributed by atoms with Crippen LogP contribution in [0.3, 0.4) is 0 Å². The average Bonchev–Trinajstić information content (AvgIpc) is 3.21. The first-order valence-electron chi connectivity index (χ1n) is 9.67. The van der Waals surface area contributed by atoms with E-state index < -0.39 is 0 Å². The van der Waals surface area contributed by atoms with Crippen LogP contribution in [-0.2, 0) is 11.2 Å². The number of aliphatic imine (C=N–C) groups is 1. The lowest BCUT2D eigenvalue weighted by molar-refractivity contribution is 0.0915. The first-order valence-corrected chi connectivity index (χ1v) is 9.67. The van der Waals surface area contributed by atoms with E-state index in [1.807, 2.05) is 48.1 Å². The molecule has 0 unspecified atom stereocenters. The van der Waals surface area contributed by atoms with Gasteiger partial charge >= 0.3 is 6.09 Å². The number of amides is 1. The van der Waals surface area contributed by atoms with Gasteiger partial charge in [0.15, 0.2) is 5.96 Å². The van der Waals surface area contributed by atoms with Crippen LogP contribution < -0.4 is 5.32 Å². The van der Waals surface area contributed by atoms with Crippen LogP contribution in [0.15, 0.2) is 47.7 Å². The lowest BCUT2D eigenvalue weighted by atomic mass is 10.2. The van der Waals surface area contributed by atoms with Crippen LogP contribution in [0, 0.1) is 0 Å². The lowest BCUT2D eigenvalue weighted by Crippen LogP contribution is -2.54. The molecular formula is C20H28N6O2. The van der Waals surface area contributed by atoms with E-state index in [-0.39, 0.29) is 6.09 Å². The molecule has 1 aliphatic heterocycles. The first-order chi connectivity index (χ1) is 13.7. The number of hydrogen-bond acceptors (Lipinski definition) is 4. The Morgan fingerprint density at radius 2 is 1.89 bits per heavy atom. The maximum Gasteiger partial charge on any atom is 0.409 e. The highest BCUT2D eigenvalue weighted by atomic mass is 16.6. The van der Waals surface area contributed by atoms with Crippen molar-refractivity contribution in [2.45, 2.75) is 13.3 Å². The molecule has 1 aromatic heterocycles. The quantitative estimate of drug-likeness (QED) is 0.628. The Bertz CT molecular complexity index is 781. The smallest absolute Gasteiger partial charge is 0.409 e. The van der Waals surface area contributed by atoms with Gasteiger partial charge in [-0.2, -0.15) is 5.10 Å². The molecule has 150 valence electrons. The van der Waals surface area contributed by atoms with Gasteiger partial charge in [0, 0.05) is 46.0 Å². The molecule has 0 radical (unpaired) electrons. The fraction of sp³-hybridized carbons (Fsp3) is 0.450. The molecule has 2 heterocycles. The van der Waals surface area contributed by atoms with Gasteiger partial charge in [0.25, 0.3) is 0 Å². The summed E-state index contributed by atoms with van der Waals surface area (Å²) in [6.07, 6.45) is 4.57. The third kappa shape index (κ3) is 5.03. The fourth-order valence-corrected chi connectivity index (χ4v) is 3.18. The van der Waals surface area contributed by atoms with Gasteiger partial charge in [-0.3, -0.25) is 4.99 Å². The Morgan fingerprint density at radius 3 is 2.57 bits per heavy atom. The molecule has 1 N–H and O–H groups in total. The maximum atomic E-state index is 11.8. The minimum absolute atomic E-state index is 0.236. The lowest BCUT2D eigenvalue weighted by Gasteiger charge is -2.35.